The molecule has 0 radical (unpaired) electrons. The van der Waals surface area contributed by atoms with Crippen LogP contribution in [-0.2, 0) is 86.2 Å². The summed E-state index contributed by atoms with van der Waals surface area (Å²) in [6.07, 6.45) is 3.94. The molecule has 0 amide bonds. The Bertz CT molecular complexity index is 1940. The zero-order valence-corrected chi connectivity index (χ0v) is 45.9. The third kappa shape index (κ3) is 9.02. The Labute approximate surface area is 445 Å². The fraction of sp³-hybridized carbons (Fsp3) is 0.945. The van der Waals surface area contributed by atoms with Crippen molar-refractivity contribution in [2.45, 2.75) is 218 Å². The van der Waals surface area contributed by atoms with E-state index in [4.69, 9.17) is 81.4 Å². The van der Waals surface area contributed by atoms with Gasteiger partial charge < -0.3 is 52.1 Å². The van der Waals surface area contributed by atoms with Crippen molar-refractivity contribution in [2.24, 2.45) is 71.0 Å². The van der Waals surface area contributed by atoms with Crippen molar-refractivity contribution in [1.82, 2.24) is 4.90 Å². The van der Waals surface area contributed by atoms with Gasteiger partial charge in [0.15, 0.2) is 35.7 Å². The quantitative estimate of drug-likeness (QED) is 0.0966. The maximum absolute atomic E-state index is 13.7. The molecular weight excluding hydrogens is 995 g/mol. The van der Waals surface area contributed by atoms with E-state index in [1.165, 1.54) is 0 Å². The van der Waals surface area contributed by atoms with Crippen molar-refractivity contribution in [3.8, 4) is 0 Å². The average molecular weight is 1080 g/mol. The number of ether oxygens (including phenoxy) is 11. The number of fused-ring (bicyclic) bond motifs is 6. The van der Waals surface area contributed by atoms with E-state index in [1.807, 2.05) is 39.5 Å². The minimum absolute atomic E-state index is 0.00127. The van der Waals surface area contributed by atoms with Crippen molar-refractivity contribution < 1.29 is 95.8 Å². The van der Waals surface area contributed by atoms with Gasteiger partial charge in [0.2, 0.25) is 29.9 Å². The third-order valence-electron chi connectivity index (χ3n) is 21.2. The summed E-state index contributed by atoms with van der Waals surface area (Å²) < 4.78 is 68.0. The zero-order chi connectivity index (χ0) is 53.2. The molecule has 6 bridgehead atoms. The molecule has 0 aromatic heterocycles. The van der Waals surface area contributed by atoms with E-state index >= 15 is 0 Å². The first kappa shape index (κ1) is 54.1. The van der Waals surface area contributed by atoms with E-state index in [9.17, 15) is 14.4 Å². The van der Waals surface area contributed by atoms with Crippen molar-refractivity contribution in [3.63, 3.8) is 0 Å². The van der Waals surface area contributed by atoms with Gasteiger partial charge >= 0.3 is 18.3 Å². The molecule has 0 aromatic carbocycles. The zero-order valence-electron chi connectivity index (χ0n) is 45.9. The predicted molar refractivity (Wildman–Crippen MR) is 257 cm³/mol. The van der Waals surface area contributed by atoms with Gasteiger partial charge in [0.05, 0.1) is 12.5 Å². The van der Waals surface area contributed by atoms with Crippen molar-refractivity contribution in [1.29, 1.82) is 0 Å². The Morgan fingerprint density at radius 3 is 1.22 bits per heavy atom. The summed E-state index contributed by atoms with van der Waals surface area (Å²) in [5, 5.41) is 0. The van der Waals surface area contributed by atoms with Gasteiger partial charge in [0.1, 0.15) is 19.8 Å². The van der Waals surface area contributed by atoms with Crippen LogP contribution in [0.3, 0.4) is 0 Å². The van der Waals surface area contributed by atoms with Gasteiger partial charge in [0.25, 0.3) is 0 Å². The van der Waals surface area contributed by atoms with Crippen LogP contribution in [0.25, 0.3) is 0 Å². The molecule has 428 valence electrons. The predicted octanol–water partition coefficient (Wildman–Crippen LogP) is 8.19. The van der Waals surface area contributed by atoms with Crippen LogP contribution in [-0.4, -0.2) is 134 Å². The molecule has 0 N–H and O–H groups in total. The molecule has 12 heterocycles. The van der Waals surface area contributed by atoms with Crippen LogP contribution >= 0.6 is 0 Å². The summed E-state index contributed by atoms with van der Waals surface area (Å²) in [5.41, 5.74) is -2.35. The fourth-order valence-electron chi connectivity index (χ4n) is 16.8. The fourth-order valence-corrected chi connectivity index (χ4v) is 16.8. The van der Waals surface area contributed by atoms with Crippen LogP contribution in [0.1, 0.15) is 146 Å². The summed E-state index contributed by atoms with van der Waals surface area (Å²) in [7, 11) is 0. The molecule has 12 aliphatic heterocycles. The second-order valence-corrected chi connectivity index (χ2v) is 25.7. The van der Waals surface area contributed by atoms with Gasteiger partial charge in [-0.15, -0.1) is 0 Å². The lowest BCUT2D eigenvalue weighted by molar-refractivity contribution is -0.576. The molecule has 4 unspecified atom stereocenters. The maximum atomic E-state index is 13.7. The first-order valence-electron chi connectivity index (χ1n) is 28.9. The minimum Gasteiger partial charge on any atom is -0.464 e. The van der Waals surface area contributed by atoms with E-state index in [1.54, 1.807) is 0 Å². The molecule has 21 nitrogen and oxygen atoms in total. The van der Waals surface area contributed by atoms with Crippen LogP contribution in [0.15, 0.2) is 0 Å². The topological polar surface area (TPSA) is 211 Å². The highest BCUT2D eigenvalue weighted by molar-refractivity contribution is 5.70. The first-order valence-corrected chi connectivity index (χ1v) is 28.9. The lowest BCUT2D eigenvalue weighted by Gasteiger charge is -2.60. The highest BCUT2D eigenvalue weighted by Crippen LogP contribution is 2.64. The van der Waals surface area contributed by atoms with Crippen LogP contribution in [0.5, 0.6) is 0 Å². The summed E-state index contributed by atoms with van der Waals surface area (Å²) in [5.74, 6) is -2.13. The van der Waals surface area contributed by atoms with Crippen LogP contribution in [0.4, 0.5) is 9.59 Å². The minimum atomic E-state index is -0.978. The van der Waals surface area contributed by atoms with Crippen molar-refractivity contribution >= 4 is 18.3 Å². The number of hydrogen-bond acceptors (Lipinski definition) is 21. The Morgan fingerprint density at radius 1 is 0.447 bits per heavy atom. The molecule has 24 atom stereocenters. The smallest absolute Gasteiger partial charge is 0.464 e. The van der Waals surface area contributed by atoms with Crippen molar-refractivity contribution in [3.05, 3.63) is 0 Å². The number of rotatable bonds is 13. The number of nitrogens with zero attached hydrogens (tertiary/aromatic N) is 1. The highest BCUT2D eigenvalue weighted by atomic mass is 17.3. The Hall–Kier alpha value is -2.51. The Kier molecular flexibility index (Phi) is 14.4. The largest absolute Gasteiger partial charge is 0.510 e. The molecule has 15 rings (SSSR count). The Balaban J connectivity index is 0.671. The van der Waals surface area contributed by atoms with Gasteiger partial charge in [-0.1, -0.05) is 41.5 Å². The van der Waals surface area contributed by atoms with Crippen LogP contribution < -0.4 is 0 Å². The van der Waals surface area contributed by atoms with E-state index in [0.29, 0.717) is 37.0 Å². The van der Waals surface area contributed by atoms with Crippen LogP contribution in [0, 0.1) is 71.0 Å². The van der Waals surface area contributed by atoms with Gasteiger partial charge in [0, 0.05) is 68.5 Å². The summed E-state index contributed by atoms with van der Waals surface area (Å²) >= 11 is 0. The highest BCUT2D eigenvalue weighted by Gasteiger charge is 2.73. The molecular formula is C55H83NO20. The lowest BCUT2D eigenvalue weighted by atomic mass is 9.57. The van der Waals surface area contributed by atoms with Crippen LogP contribution in [0.2, 0.25) is 0 Å². The van der Waals surface area contributed by atoms with Crippen molar-refractivity contribution in [2.75, 3.05) is 39.5 Å². The molecule has 15 aliphatic rings. The number of hydrogen-bond donors (Lipinski definition) is 0. The van der Waals surface area contributed by atoms with Gasteiger partial charge in [-0.05, 0) is 120 Å². The monoisotopic (exact) mass is 1080 g/mol. The molecule has 3 saturated carbocycles. The third-order valence-corrected chi connectivity index (χ3v) is 21.2. The van der Waals surface area contributed by atoms with Gasteiger partial charge in [-0.3, -0.25) is 9.69 Å². The summed E-state index contributed by atoms with van der Waals surface area (Å²) in [6, 6.07) is 0. The second-order valence-electron chi connectivity index (χ2n) is 25.7. The first-order chi connectivity index (χ1) is 36.3. The number of esters is 1. The summed E-state index contributed by atoms with van der Waals surface area (Å²) in [4.78, 5) is 79.2. The van der Waals surface area contributed by atoms with E-state index in [0.717, 1.165) is 57.8 Å². The summed E-state index contributed by atoms with van der Waals surface area (Å²) in [6.45, 7) is 18.9. The standard InChI is InChI=1S/C55H83NO20/c1-29-10-13-38-32(4)41(63-45-53(38)35(29)16-19-50(7,68-45)71-74-53)28-42(57)60-25-22-56(23-26-61-48(58)66-43-33(5)39-14-11-30(2)36-17-20-51(8)69-46(64-43)54(36,39)75-72-51)24-27-62-49(59)67-44-34(6)40-15-12-31(3)37-18-21-52(9)70-47(65-44)55(37,40)76-73-52/h29-41,43-47H,10-28H2,1-9H3/t29-,30-,31-,32-,33-,34-,35+,36+,37+,38+,39+,40+,41?,43+,44+,45-,46-,47-,50?,51?,52?,53-,54-,55-/m1/s1. The lowest BCUT2D eigenvalue weighted by Crippen LogP contribution is -2.70. The van der Waals surface area contributed by atoms with E-state index < -0.39 is 90.0 Å². The SMILES string of the molecule is C[C@H]1[C@H](OC(=O)OCCN(CCOC(=O)CC2O[C@@H]3OC4(C)CC[C@H]5[C@H](C)CC[C@@H]([C@H]2C)[C@@]35OO4)CCOC(=O)O[C@@H]2O[C@@H]3OC4(C)CC[C@H]5[C@H](C)CC[C@@H]([C@H]2C)[C@@]35OO4)O[C@@H]2OC3(C)CC[C@H]4[C@H](C)CC[C@@H]1[C@@]24OO3. The maximum Gasteiger partial charge on any atom is 0.510 e. The van der Waals surface area contributed by atoms with Gasteiger partial charge in [-0.25, -0.2) is 38.9 Å². The Morgan fingerprint density at radius 2 is 0.816 bits per heavy atom. The normalized spacial score (nSPS) is 51.4. The molecule has 76 heavy (non-hydrogen) atoms. The average Bonchev–Trinajstić information content (AvgIpc) is 3.91. The second kappa shape index (κ2) is 20.2. The molecule has 12 saturated heterocycles. The van der Waals surface area contributed by atoms with Gasteiger partial charge in [-0.2, -0.15) is 0 Å². The molecule has 3 spiro atoms. The molecule has 3 aliphatic carbocycles. The van der Waals surface area contributed by atoms with E-state index in [2.05, 4.69) is 27.7 Å². The van der Waals surface area contributed by atoms with E-state index in [-0.39, 0.29) is 99.1 Å². The molecule has 15 fully saturated rings. The molecule has 21 heteroatoms. The number of carbonyl (C=O) groups is 3. The molecule has 0 aromatic rings. The number of carbonyl (C=O) groups excluding carboxylic acids is 3.